The summed E-state index contributed by atoms with van der Waals surface area (Å²) in [5, 5.41) is 15.9. The van der Waals surface area contributed by atoms with E-state index in [1.54, 1.807) is 4.68 Å². The number of hydrogen-bond donors (Lipinski definition) is 1. The van der Waals surface area contributed by atoms with E-state index in [9.17, 15) is 5.11 Å². The maximum Gasteiger partial charge on any atom is 0.222 e. The average molecular weight is 354 g/mol. The molecule has 0 aliphatic rings. The molecule has 1 aromatic heterocycles. The molecule has 0 spiro atoms. The lowest BCUT2D eigenvalue weighted by Crippen LogP contribution is -1.96. The predicted molar refractivity (Wildman–Crippen MR) is 110 cm³/mol. The summed E-state index contributed by atoms with van der Waals surface area (Å²) in [5.41, 5.74) is 7.80. The lowest BCUT2D eigenvalue weighted by molar-refractivity contribution is 0.435. The maximum absolute atomic E-state index is 11.1. The number of nitrogens with zero attached hydrogens (tertiary/aromatic N) is 2. The minimum Gasteiger partial charge on any atom is -0.493 e. The van der Waals surface area contributed by atoms with Gasteiger partial charge < -0.3 is 5.11 Å². The van der Waals surface area contributed by atoms with Gasteiger partial charge in [-0.2, -0.15) is 5.10 Å². The second-order valence-corrected chi connectivity index (χ2v) is 6.98. The van der Waals surface area contributed by atoms with Crippen LogP contribution in [0.1, 0.15) is 16.7 Å². The van der Waals surface area contributed by atoms with E-state index in [1.165, 1.54) is 5.56 Å². The van der Waals surface area contributed by atoms with E-state index in [0.717, 1.165) is 39.2 Å². The zero-order chi connectivity index (χ0) is 19.0. The Hall–Kier alpha value is -3.33. The second-order valence-electron chi connectivity index (χ2n) is 6.98. The molecule has 0 bridgehead atoms. The second kappa shape index (κ2) is 6.76. The summed E-state index contributed by atoms with van der Waals surface area (Å²) in [6.45, 7) is 6.16. The third-order valence-corrected chi connectivity index (χ3v) is 4.85. The van der Waals surface area contributed by atoms with Crippen molar-refractivity contribution in [1.29, 1.82) is 0 Å². The van der Waals surface area contributed by atoms with Gasteiger partial charge in [-0.05, 0) is 49.6 Å². The average Bonchev–Trinajstić information content (AvgIpc) is 3.00. The van der Waals surface area contributed by atoms with Crippen molar-refractivity contribution in [3.8, 4) is 34.0 Å². The van der Waals surface area contributed by atoms with E-state index >= 15 is 0 Å². The van der Waals surface area contributed by atoms with Crippen molar-refractivity contribution in [2.75, 3.05) is 0 Å². The van der Waals surface area contributed by atoms with Crippen LogP contribution in [0.2, 0.25) is 0 Å². The molecule has 0 radical (unpaired) electrons. The lowest BCUT2D eigenvalue weighted by atomic mass is 9.98. The molecule has 0 saturated heterocycles. The molecule has 27 heavy (non-hydrogen) atoms. The zero-order valence-corrected chi connectivity index (χ0v) is 15.8. The number of aryl methyl sites for hydroxylation is 3. The van der Waals surface area contributed by atoms with Crippen molar-refractivity contribution in [2.24, 2.45) is 0 Å². The fourth-order valence-corrected chi connectivity index (χ4v) is 3.36. The van der Waals surface area contributed by atoms with Crippen molar-refractivity contribution in [2.45, 2.75) is 20.8 Å². The van der Waals surface area contributed by atoms with Crippen molar-refractivity contribution in [1.82, 2.24) is 9.78 Å². The molecule has 0 fully saturated rings. The maximum atomic E-state index is 11.1. The van der Waals surface area contributed by atoms with Gasteiger partial charge in [0.25, 0.3) is 0 Å². The van der Waals surface area contributed by atoms with E-state index in [1.807, 2.05) is 55.5 Å². The summed E-state index contributed by atoms with van der Waals surface area (Å²) in [5.74, 6) is 0.155. The molecular formula is C24H22N2O. The topological polar surface area (TPSA) is 38.0 Å². The molecule has 1 N–H and O–H groups in total. The van der Waals surface area contributed by atoms with Crippen LogP contribution in [-0.2, 0) is 0 Å². The molecule has 4 rings (SSSR count). The Labute approximate surface area is 159 Å². The van der Waals surface area contributed by atoms with E-state index in [0.29, 0.717) is 0 Å². The van der Waals surface area contributed by atoms with Crippen LogP contribution in [0.3, 0.4) is 0 Å². The summed E-state index contributed by atoms with van der Waals surface area (Å²) in [4.78, 5) is 0. The molecular weight excluding hydrogens is 332 g/mol. The van der Waals surface area contributed by atoms with Crippen LogP contribution in [0.25, 0.3) is 28.1 Å². The predicted octanol–water partition coefficient (Wildman–Crippen LogP) is 5.84. The molecule has 0 amide bonds. The summed E-state index contributed by atoms with van der Waals surface area (Å²) in [6.07, 6.45) is 0. The standard InChI is InChI=1S/C24H22N2O/c1-16-11-13-19(14-12-16)22-23(21-10-5-4-8-18(21)3)25-26(24(22)27)20-9-6-7-17(2)15-20/h4-15,27H,1-3H3. The minimum absolute atomic E-state index is 0.155. The van der Waals surface area contributed by atoms with Crippen LogP contribution in [0.15, 0.2) is 72.8 Å². The fourth-order valence-electron chi connectivity index (χ4n) is 3.36. The van der Waals surface area contributed by atoms with Crippen molar-refractivity contribution in [3.63, 3.8) is 0 Å². The van der Waals surface area contributed by atoms with Crippen LogP contribution < -0.4 is 0 Å². The molecule has 0 atom stereocenters. The molecule has 3 nitrogen and oxygen atoms in total. The van der Waals surface area contributed by atoms with Gasteiger partial charge in [0.2, 0.25) is 5.88 Å². The molecule has 4 aromatic rings. The SMILES string of the molecule is Cc1ccc(-c2c(-c3ccccc3C)nn(-c3cccc(C)c3)c2O)cc1. The van der Waals surface area contributed by atoms with E-state index in [4.69, 9.17) is 5.10 Å². The highest BCUT2D eigenvalue weighted by Gasteiger charge is 2.22. The number of aromatic nitrogens is 2. The molecule has 0 aliphatic heterocycles. The lowest BCUT2D eigenvalue weighted by Gasteiger charge is -2.07. The van der Waals surface area contributed by atoms with Crippen molar-refractivity contribution >= 4 is 0 Å². The number of hydrogen-bond acceptors (Lipinski definition) is 2. The van der Waals surface area contributed by atoms with Gasteiger partial charge in [-0.1, -0.05) is 66.2 Å². The monoisotopic (exact) mass is 354 g/mol. The summed E-state index contributed by atoms with van der Waals surface area (Å²) >= 11 is 0. The molecule has 3 aromatic carbocycles. The van der Waals surface area contributed by atoms with Crippen LogP contribution in [0, 0.1) is 20.8 Å². The first-order chi connectivity index (χ1) is 13.0. The normalized spacial score (nSPS) is 10.9. The highest BCUT2D eigenvalue weighted by atomic mass is 16.3. The fraction of sp³-hybridized carbons (Fsp3) is 0.125. The van der Waals surface area contributed by atoms with Gasteiger partial charge in [-0.25, -0.2) is 4.68 Å². The van der Waals surface area contributed by atoms with Gasteiger partial charge in [-0.15, -0.1) is 0 Å². The van der Waals surface area contributed by atoms with Gasteiger partial charge in [-0.3, -0.25) is 0 Å². The molecule has 1 heterocycles. The Kier molecular flexibility index (Phi) is 4.28. The van der Waals surface area contributed by atoms with Crippen molar-refractivity contribution < 1.29 is 5.11 Å². The highest BCUT2D eigenvalue weighted by molar-refractivity contribution is 5.86. The Morgan fingerprint density at radius 1 is 0.778 bits per heavy atom. The minimum atomic E-state index is 0.155. The number of benzene rings is 3. The van der Waals surface area contributed by atoms with Gasteiger partial charge in [0, 0.05) is 5.56 Å². The Bertz CT molecular complexity index is 1110. The first-order valence-corrected chi connectivity index (χ1v) is 9.06. The smallest absolute Gasteiger partial charge is 0.222 e. The van der Waals surface area contributed by atoms with Crippen LogP contribution in [0.4, 0.5) is 0 Å². The molecule has 134 valence electrons. The molecule has 0 saturated carbocycles. The van der Waals surface area contributed by atoms with E-state index in [-0.39, 0.29) is 5.88 Å². The van der Waals surface area contributed by atoms with Crippen LogP contribution in [-0.4, -0.2) is 14.9 Å². The zero-order valence-electron chi connectivity index (χ0n) is 15.8. The summed E-state index contributed by atoms with van der Waals surface area (Å²) < 4.78 is 1.63. The van der Waals surface area contributed by atoms with Gasteiger partial charge in [0.05, 0.1) is 11.3 Å². The van der Waals surface area contributed by atoms with E-state index < -0.39 is 0 Å². The third kappa shape index (κ3) is 3.13. The first kappa shape index (κ1) is 17.1. The quantitative estimate of drug-likeness (QED) is 0.502. The third-order valence-electron chi connectivity index (χ3n) is 4.85. The molecule has 0 aliphatic carbocycles. The highest BCUT2D eigenvalue weighted by Crippen LogP contribution is 2.40. The summed E-state index contributed by atoms with van der Waals surface area (Å²) in [6, 6.07) is 24.3. The van der Waals surface area contributed by atoms with Crippen LogP contribution >= 0.6 is 0 Å². The largest absolute Gasteiger partial charge is 0.493 e. The van der Waals surface area contributed by atoms with Crippen LogP contribution in [0.5, 0.6) is 5.88 Å². The van der Waals surface area contributed by atoms with Crippen molar-refractivity contribution in [3.05, 3.63) is 89.5 Å². The molecule has 0 unspecified atom stereocenters. The summed E-state index contributed by atoms with van der Waals surface area (Å²) in [7, 11) is 0. The molecule has 3 heteroatoms. The first-order valence-electron chi connectivity index (χ1n) is 9.06. The van der Waals surface area contributed by atoms with Gasteiger partial charge in [0.15, 0.2) is 0 Å². The van der Waals surface area contributed by atoms with E-state index in [2.05, 4.69) is 38.1 Å². The number of aromatic hydroxyl groups is 1. The Morgan fingerprint density at radius 3 is 2.22 bits per heavy atom. The number of rotatable bonds is 3. The Morgan fingerprint density at radius 2 is 1.52 bits per heavy atom. The van der Waals surface area contributed by atoms with Gasteiger partial charge >= 0.3 is 0 Å². The van der Waals surface area contributed by atoms with Gasteiger partial charge in [0.1, 0.15) is 5.69 Å². The Balaban J connectivity index is 2.00.